The van der Waals surface area contributed by atoms with E-state index in [0.717, 1.165) is 23.5 Å². The molecule has 1 heterocycles. The quantitative estimate of drug-likeness (QED) is 0.384. The summed E-state index contributed by atoms with van der Waals surface area (Å²) in [5, 5.41) is 2.40. The molecule has 0 unspecified atom stereocenters. The summed E-state index contributed by atoms with van der Waals surface area (Å²) in [6, 6.07) is 12.2. The number of alkyl halides is 3. The first-order valence-electron chi connectivity index (χ1n) is 8.60. The molecule has 1 aromatic heterocycles. The predicted molar refractivity (Wildman–Crippen MR) is 114 cm³/mol. The van der Waals surface area contributed by atoms with Crippen LogP contribution in [0.1, 0.15) is 15.2 Å². The Labute approximate surface area is 179 Å². The molecule has 0 bridgehead atoms. The number of carbonyl (C=O) groups excluding carboxylic acids is 1. The summed E-state index contributed by atoms with van der Waals surface area (Å²) in [6.45, 7) is 0. The minimum Gasteiger partial charge on any atom is -0.369 e. The van der Waals surface area contributed by atoms with Gasteiger partial charge in [0.1, 0.15) is 4.88 Å². The lowest BCUT2D eigenvalue weighted by molar-refractivity contribution is -0.137. The lowest BCUT2D eigenvalue weighted by Gasteiger charge is -2.11. The van der Waals surface area contributed by atoms with Crippen LogP contribution < -0.4 is 5.32 Å². The van der Waals surface area contributed by atoms with Crippen LogP contribution in [-0.4, -0.2) is 36.2 Å². The van der Waals surface area contributed by atoms with Crippen molar-refractivity contribution in [1.29, 1.82) is 0 Å². The number of halogens is 4. The molecule has 0 aliphatic heterocycles. The number of anilines is 1. The van der Waals surface area contributed by atoms with E-state index in [9.17, 15) is 18.0 Å². The van der Waals surface area contributed by atoms with Gasteiger partial charge in [-0.2, -0.15) is 13.2 Å². The molecule has 0 radical (unpaired) electrons. The Balaban J connectivity index is 1.97. The number of carbonyl (C=O) groups is 1. The summed E-state index contributed by atoms with van der Waals surface area (Å²) in [7, 11) is 3.59. The molecular weight excluding hydrogens is 437 g/mol. The van der Waals surface area contributed by atoms with Crippen LogP contribution >= 0.6 is 22.9 Å². The van der Waals surface area contributed by atoms with Crippen molar-refractivity contribution in [2.24, 2.45) is 4.99 Å². The maximum Gasteiger partial charge on any atom is 0.417 e. The van der Waals surface area contributed by atoms with Crippen LogP contribution in [0, 0.1) is 0 Å². The summed E-state index contributed by atoms with van der Waals surface area (Å²) in [5.74, 6) is -0.590. The van der Waals surface area contributed by atoms with Crippen molar-refractivity contribution in [2.45, 2.75) is 6.18 Å². The molecule has 30 heavy (non-hydrogen) atoms. The maximum atomic E-state index is 13.1. The first-order valence-corrected chi connectivity index (χ1v) is 9.79. The third-order valence-electron chi connectivity index (χ3n) is 3.80. The molecule has 0 saturated heterocycles. The molecule has 1 amide bonds. The maximum absolute atomic E-state index is 13.1. The van der Waals surface area contributed by atoms with Crippen molar-refractivity contribution in [3.63, 3.8) is 0 Å². The number of amides is 1. The van der Waals surface area contributed by atoms with E-state index in [1.165, 1.54) is 6.07 Å². The minimum atomic E-state index is -4.63. The number of thiazole rings is 1. The summed E-state index contributed by atoms with van der Waals surface area (Å²) >= 11 is 6.68. The molecule has 156 valence electrons. The molecule has 0 aliphatic rings. The Hall–Kier alpha value is -2.91. The minimum absolute atomic E-state index is 0.0255. The number of benzene rings is 2. The fourth-order valence-corrected chi connectivity index (χ4v) is 3.53. The van der Waals surface area contributed by atoms with E-state index in [0.29, 0.717) is 16.4 Å². The van der Waals surface area contributed by atoms with Crippen LogP contribution in [-0.2, 0) is 6.18 Å². The zero-order valence-electron chi connectivity index (χ0n) is 15.9. The molecule has 1 N–H and O–H groups in total. The van der Waals surface area contributed by atoms with Crippen molar-refractivity contribution >= 4 is 46.0 Å². The van der Waals surface area contributed by atoms with Gasteiger partial charge in [-0.05, 0) is 18.2 Å². The van der Waals surface area contributed by atoms with Crippen molar-refractivity contribution in [3.05, 3.63) is 64.0 Å². The highest BCUT2D eigenvalue weighted by molar-refractivity contribution is 7.17. The van der Waals surface area contributed by atoms with Gasteiger partial charge < -0.3 is 10.2 Å². The third-order valence-corrected chi connectivity index (χ3v) is 5.09. The van der Waals surface area contributed by atoms with Crippen LogP contribution in [0.2, 0.25) is 5.02 Å². The molecule has 5 nitrogen and oxygen atoms in total. The fourth-order valence-electron chi connectivity index (χ4n) is 2.48. The van der Waals surface area contributed by atoms with Crippen molar-refractivity contribution in [1.82, 2.24) is 9.88 Å². The number of aromatic nitrogens is 1. The van der Waals surface area contributed by atoms with E-state index in [2.05, 4.69) is 15.3 Å². The number of hydrogen-bond donors (Lipinski definition) is 1. The standard InChI is InChI=1S/C20H16ClF3N4OS/c1-28(2)11-25-19-27-16(12-6-4-3-5-7-12)17(30-19)18(29)26-13-8-9-15(21)14(10-13)20(22,23)24/h3-11H,1-2H3,(H,26,29). The normalized spacial score (nSPS) is 11.7. The van der Waals surface area contributed by atoms with E-state index in [1.54, 1.807) is 49.6 Å². The van der Waals surface area contributed by atoms with Crippen LogP contribution in [0.15, 0.2) is 53.5 Å². The molecule has 3 aromatic rings. The zero-order valence-corrected chi connectivity index (χ0v) is 17.4. The largest absolute Gasteiger partial charge is 0.417 e. The van der Waals surface area contributed by atoms with Gasteiger partial charge in [0.25, 0.3) is 5.91 Å². The van der Waals surface area contributed by atoms with Crippen LogP contribution in [0.3, 0.4) is 0 Å². The lowest BCUT2D eigenvalue weighted by atomic mass is 10.1. The Morgan fingerprint density at radius 3 is 2.53 bits per heavy atom. The average molecular weight is 453 g/mol. The molecular formula is C20H16ClF3N4OS. The monoisotopic (exact) mass is 452 g/mol. The Morgan fingerprint density at radius 2 is 1.90 bits per heavy atom. The van der Waals surface area contributed by atoms with Gasteiger partial charge in [-0.15, -0.1) is 0 Å². The number of rotatable bonds is 5. The zero-order chi connectivity index (χ0) is 21.9. The highest BCUT2D eigenvalue weighted by atomic mass is 35.5. The summed E-state index contributed by atoms with van der Waals surface area (Å²) in [4.78, 5) is 23.5. The SMILES string of the molecule is CN(C)C=Nc1nc(-c2ccccc2)c(C(=O)Nc2ccc(Cl)c(C(F)(F)F)c2)s1. The topological polar surface area (TPSA) is 57.6 Å². The van der Waals surface area contributed by atoms with E-state index in [4.69, 9.17) is 11.6 Å². The smallest absolute Gasteiger partial charge is 0.369 e. The average Bonchev–Trinajstić information content (AvgIpc) is 3.12. The highest BCUT2D eigenvalue weighted by Gasteiger charge is 2.33. The van der Waals surface area contributed by atoms with Gasteiger partial charge in [0.15, 0.2) is 0 Å². The molecule has 0 saturated carbocycles. The Kier molecular flexibility index (Phi) is 6.42. The van der Waals surface area contributed by atoms with Gasteiger partial charge in [0.05, 0.1) is 22.6 Å². The fraction of sp³-hybridized carbons (Fsp3) is 0.150. The van der Waals surface area contributed by atoms with Crippen LogP contribution in [0.25, 0.3) is 11.3 Å². The van der Waals surface area contributed by atoms with Gasteiger partial charge in [-0.3, -0.25) is 4.79 Å². The van der Waals surface area contributed by atoms with Crippen LogP contribution in [0.4, 0.5) is 24.0 Å². The number of aliphatic imine (C=N–C) groups is 1. The second kappa shape index (κ2) is 8.85. The first kappa shape index (κ1) is 21.8. The van der Waals surface area contributed by atoms with E-state index >= 15 is 0 Å². The molecule has 3 rings (SSSR count). The van der Waals surface area contributed by atoms with Gasteiger partial charge in [-0.1, -0.05) is 53.3 Å². The Bertz CT molecular complexity index is 1080. The summed E-state index contributed by atoms with van der Waals surface area (Å²) in [6.07, 6.45) is -3.09. The van der Waals surface area contributed by atoms with Crippen molar-refractivity contribution < 1.29 is 18.0 Å². The van der Waals surface area contributed by atoms with Gasteiger partial charge >= 0.3 is 6.18 Å². The molecule has 0 aliphatic carbocycles. The highest BCUT2D eigenvalue weighted by Crippen LogP contribution is 2.37. The van der Waals surface area contributed by atoms with E-state index in [-0.39, 0.29) is 10.6 Å². The van der Waals surface area contributed by atoms with E-state index < -0.39 is 22.7 Å². The molecule has 0 fully saturated rings. The first-order chi connectivity index (χ1) is 14.1. The Morgan fingerprint density at radius 1 is 1.20 bits per heavy atom. The van der Waals surface area contributed by atoms with Gasteiger partial charge in [0, 0.05) is 25.3 Å². The number of nitrogens with zero attached hydrogens (tertiary/aromatic N) is 3. The second-order valence-electron chi connectivity index (χ2n) is 6.39. The molecule has 2 aromatic carbocycles. The third kappa shape index (κ3) is 5.17. The van der Waals surface area contributed by atoms with Gasteiger partial charge in [0.2, 0.25) is 5.13 Å². The number of hydrogen-bond acceptors (Lipinski definition) is 4. The van der Waals surface area contributed by atoms with Crippen molar-refractivity contribution in [2.75, 3.05) is 19.4 Å². The second-order valence-corrected chi connectivity index (χ2v) is 7.78. The predicted octanol–water partition coefficient (Wildman–Crippen LogP) is 5.96. The van der Waals surface area contributed by atoms with Gasteiger partial charge in [-0.25, -0.2) is 9.98 Å². The molecule has 10 heteroatoms. The lowest BCUT2D eigenvalue weighted by Crippen LogP contribution is -2.13. The summed E-state index contributed by atoms with van der Waals surface area (Å²) in [5.41, 5.74) is 0.0413. The molecule has 0 atom stereocenters. The van der Waals surface area contributed by atoms with Crippen molar-refractivity contribution in [3.8, 4) is 11.3 Å². The summed E-state index contributed by atoms with van der Waals surface area (Å²) < 4.78 is 39.3. The van der Waals surface area contributed by atoms with Crippen LogP contribution in [0.5, 0.6) is 0 Å². The van der Waals surface area contributed by atoms with E-state index in [1.807, 2.05) is 6.07 Å². The molecule has 0 spiro atoms. The number of nitrogens with one attached hydrogen (secondary N) is 1.